The summed E-state index contributed by atoms with van der Waals surface area (Å²) in [4.78, 5) is 25.4. The highest BCUT2D eigenvalue weighted by atomic mass is 16.4. The Labute approximate surface area is 140 Å². The van der Waals surface area contributed by atoms with E-state index in [0.717, 1.165) is 17.7 Å². The number of benzene rings is 2. The van der Waals surface area contributed by atoms with Gasteiger partial charge in [0.05, 0.1) is 11.6 Å². The summed E-state index contributed by atoms with van der Waals surface area (Å²) in [5, 5.41) is 12.2. The Morgan fingerprint density at radius 1 is 1.17 bits per heavy atom. The molecule has 0 aromatic heterocycles. The summed E-state index contributed by atoms with van der Waals surface area (Å²) < 4.78 is 0. The predicted octanol–water partition coefficient (Wildman–Crippen LogP) is 2.67. The molecule has 3 rings (SSSR count). The minimum Gasteiger partial charge on any atom is -0.478 e. The molecule has 0 saturated carbocycles. The van der Waals surface area contributed by atoms with Gasteiger partial charge in [0.2, 0.25) is 5.91 Å². The van der Waals surface area contributed by atoms with Gasteiger partial charge in [-0.25, -0.2) is 4.79 Å². The van der Waals surface area contributed by atoms with Crippen LogP contribution in [0, 0.1) is 0 Å². The van der Waals surface area contributed by atoms with Crippen LogP contribution < -0.4 is 10.2 Å². The largest absolute Gasteiger partial charge is 0.478 e. The fourth-order valence-corrected chi connectivity index (χ4v) is 3.08. The maximum absolute atomic E-state index is 12.7. The van der Waals surface area contributed by atoms with Gasteiger partial charge in [0, 0.05) is 18.3 Å². The summed E-state index contributed by atoms with van der Waals surface area (Å²) in [6.45, 7) is 2.58. The number of amides is 1. The summed E-state index contributed by atoms with van der Waals surface area (Å²) in [5.41, 5.74) is 2.14. The number of carboxylic acid groups (broad SMARTS) is 1. The summed E-state index contributed by atoms with van der Waals surface area (Å²) >= 11 is 0. The van der Waals surface area contributed by atoms with Crippen molar-refractivity contribution in [2.75, 3.05) is 4.90 Å². The molecule has 5 heteroatoms. The quantitative estimate of drug-likeness (QED) is 0.887. The molecule has 0 bridgehead atoms. The topological polar surface area (TPSA) is 69.6 Å². The molecule has 5 nitrogen and oxygen atoms in total. The smallest absolute Gasteiger partial charge is 0.335 e. The van der Waals surface area contributed by atoms with Crippen molar-refractivity contribution in [3.63, 3.8) is 0 Å². The molecule has 0 radical (unpaired) electrons. The number of anilines is 1. The maximum atomic E-state index is 12.7. The molecule has 24 heavy (non-hydrogen) atoms. The lowest BCUT2D eigenvalue weighted by molar-refractivity contribution is -0.118. The summed E-state index contributed by atoms with van der Waals surface area (Å²) in [5.74, 6) is -0.858. The highest BCUT2D eigenvalue weighted by Crippen LogP contribution is 2.26. The van der Waals surface area contributed by atoms with Crippen molar-refractivity contribution in [3.8, 4) is 0 Å². The fourth-order valence-electron chi connectivity index (χ4n) is 3.08. The molecule has 1 heterocycles. The second-order valence-electron chi connectivity index (χ2n) is 6.06. The summed E-state index contributed by atoms with van der Waals surface area (Å²) in [6.07, 6.45) is 0.751. The van der Waals surface area contributed by atoms with Crippen LogP contribution in [0.1, 0.15) is 29.3 Å². The molecule has 2 atom stereocenters. The molecule has 1 aliphatic heterocycles. The number of carbonyl (C=O) groups is 2. The molecule has 1 aliphatic rings. The van der Waals surface area contributed by atoms with Crippen molar-refractivity contribution >= 4 is 17.6 Å². The van der Waals surface area contributed by atoms with Gasteiger partial charge in [-0.05, 0) is 43.2 Å². The molecule has 2 aromatic rings. The molecule has 2 unspecified atom stereocenters. The molecule has 1 amide bonds. The van der Waals surface area contributed by atoms with Crippen molar-refractivity contribution in [2.24, 2.45) is 0 Å². The van der Waals surface area contributed by atoms with E-state index >= 15 is 0 Å². The average Bonchev–Trinajstić information content (AvgIpc) is 2.88. The van der Waals surface area contributed by atoms with Gasteiger partial charge >= 0.3 is 5.97 Å². The second-order valence-corrected chi connectivity index (χ2v) is 6.06. The zero-order valence-electron chi connectivity index (χ0n) is 13.5. The number of carboxylic acids is 1. The highest BCUT2D eigenvalue weighted by Gasteiger charge is 2.37. The third-order valence-corrected chi connectivity index (χ3v) is 4.34. The van der Waals surface area contributed by atoms with E-state index in [9.17, 15) is 9.59 Å². The SMILES string of the molecule is CC1CC(NCc2ccc(C(=O)O)cc2)C(=O)N1c1ccccc1. The maximum Gasteiger partial charge on any atom is 0.335 e. The lowest BCUT2D eigenvalue weighted by Gasteiger charge is -2.21. The van der Waals surface area contributed by atoms with Crippen LogP contribution in [0.4, 0.5) is 5.69 Å². The Bertz CT molecular complexity index is 728. The van der Waals surface area contributed by atoms with E-state index in [0.29, 0.717) is 6.54 Å². The van der Waals surface area contributed by atoms with Crippen LogP contribution in [0.25, 0.3) is 0 Å². The summed E-state index contributed by atoms with van der Waals surface area (Å²) in [7, 11) is 0. The van der Waals surface area contributed by atoms with Crippen molar-refractivity contribution in [3.05, 3.63) is 65.7 Å². The molecular formula is C19H20N2O3. The van der Waals surface area contributed by atoms with Crippen molar-refractivity contribution < 1.29 is 14.7 Å². The highest BCUT2D eigenvalue weighted by molar-refractivity contribution is 6.00. The molecule has 1 fully saturated rings. The van der Waals surface area contributed by atoms with Gasteiger partial charge in [-0.1, -0.05) is 30.3 Å². The lowest BCUT2D eigenvalue weighted by Crippen LogP contribution is -2.38. The first kappa shape index (κ1) is 16.2. The van der Waals surface area contributed by atoms with Crippen LogP contribution in [0.3, 0.4) is 0 Å². The minimum atomic E-state index is -0.937. The number of hydrogen-bond donors (Lipinski definition) is 2. The van der Waals surface area contributed by atoms with Gasteiger partial charge in [-0.2, -0.15) is 0 Å². The number of nitrogens with zero attached hydrogens (tertiary/aromatic N) is 1. The Morgan fingerprint density at radius 3 is 2.46 bits per heavy atom. The average molecular weight is 324 g/mol. The van der Waals surface area contributed by atoms with Gasteiger partial charge in [-0.15, -0.1) is 0 Å². The third-order valence-electron chi connectivity index (χ3n) is 4.34. The number of carbonyl (C=O) groups excluding carboxylic acids is 1. The number of para-hydroxylation sites is 1. The molecule has 2 aromatic carbocycles. The molecular weight excluding hydrogens is 304 g/mol. The third kappa shape index (κ3) is 3.31. The van der Waals surface area contributed by atoms with E-state index in [1.165, 1.54) is 0 Å². The van der Waals surface area contributed by atoms with E-state index in [4.69, 9.17) is 5.11 Å². The van der Waals surface area contributed by atoms with E-state index in [1.54, 1.807) is 24.3 Å². The van der Waals surface area contributed by atoms with Crippen LogP contribution in [0.15, 0.2) is 54.6 Å². The second kappa shape index (κ2) is 6.84. The first-order valence-corrected chi connectivity index (χ1v) is 8.00. The van der Waals surface area contributed by atoms with Crippen LogP contribution in [-0.4, -0.2) is 29.1 Å². The molecule has 2 N–H and O–H groups in total. The Balaban J connectivity index is 1.64. The summed E-state index contributed by atoms with van der Waals surface area (Å²) in [6, 6.07) is 16.3. The van der Waals surface area contributed by atoms with E-state index in [1.807, 2.05) is 42.2 Å². The Hall–Kier alpha value is -2.66. The molecule has 0 aliphatic carbocycles. The number of hydrogen-bond acceptors (Lipinski definition) is 3. The van der Waals surface area contributed by atoms with Crippen LogP contribution in [-0.2, 0) is 11.3 Å². The van der Waals surface area contributed by atoms with E-state index in [2.05, 4.69) is 5.32 Å². The molecule has 1 saturated heterocycles. The van der Waals surface area contributed by atoms with Gasteiger partial charge in [0.15, 0.2) is 0 Å². The lowest BCUT2D eigenvalue weighted by atomic mass is 10.1. The monoisotopic (exact) mass is 324 g/mol. The van der Waals surface area contributed by atoms with Crippen molar-refractivity contribution in [1.82, 2.24) is 5.32 Å². The number of rotatable bonds is 5. The zero-order valence-corrected chi connectivity index (χ0v) is 13.5. The van der Waals surface area contributed by atoms with Crippen LogP contribution in [0.2, 0.25) is 0 Å². The number of aromatic carboxylic acids is 1. The predicted molar refractivity (Wildman–Crippen MR) is 92.0 cm³/mol. The van der Waals surface area contributed by atoms with Crippen LogP contribution >= 0.6 is 0 Å². The van der Waals surface area contributed by atoms with Gasteiger partial charge < -0.3 is 15.3 Å². The van der Waals surface area contributed by atoms with Crippen molar-refractivity contribution in [2.45, 2.75) is 32.0 Å². The number of nitrogens with one attached hydrogen (secondary N) is 1. The van der Waals surface area contributed by atoms with E-state index in [-0.39, 0.29) is 23.6 Å². The van der Waals surface area contributed by atoms with E-state index < -0.39 is 5.97 Å². The first-order chi connectivity index (χ1) is 11.6. The Morgan fingerprint density at radius 2 is 1.83 bits per heavy atom. The van der Waals surface area contributed by atoms with Gasteiger partial charge in [0.25, 0.3) is 0 Å². The standard InChI is InChI=1S/C19H20N2O3/c1-13-11-17(18(22)21(13)16-5-3-2-4-6-16)20-12-14-7-9-15(10-8-14)19(23)24/h2-10,13,17,20H,11-12H2,1H3,(H,23,24). The van der Waals surface area contributed by atoms with Gasteiger partial charge in [0.1, 0.15) is 0 Å². The van der Waals surface area contributed by atoms with Gasteiger partial charge in [-0.3, -0.25) is 4.79 Å². The molecule has 0 spiro atoms. The minimum absolute atomic E-state index is 0.0795. The normalized spacial score (nSPS) is 20.4. The first-order valence-electron chi connectivity index (χ1n) is 8.00. The molecule has 124 valence electrons. The zero-order chi connectivity index (χ0) is 17.1. The van der Waals surface area contributed by atoms with Crippen LogP contribution in [0.5, 0.6) is 0 Å². The van der Waals surface area contributed by atoms with Crippen molar-refractivity contribution in [1.29, 1.82) is 0 Å². The Kier molecular flexibility index (Phi) is 4.62. The fraction of sp³-hybridized carbons (Fsp3) is 0.263.